The first-order chi connectivity index (χ1) is 13.8. The summed E-state index contributed by atoms with van der Waals surface area (Å²) in [6.45, 7) is 0. The minimum atomic E-state index is -2.17. The van der Waals surface area contributed by atoms with E-state index in [1.165, 1.54) is 0 Å². The molecule has 0 spiro atoms. The first kappa shape index (κ1) is 20.4. The number of benzene rings is 4. The summed E-state index contributed by atoms with van der Waals surface area (Å²) in [7, 11) is 0. The Morgan fingerprint density at radius 2 is 0.786 bits per heavy atom. The van der Waals surface area contributed by atoms with E-state index in [2.05, 4.69) is 104 Å². The third-order valence-corrected chi connectivity index (χ3v) is 15.1. The van der Waals surface area contributed by atoms with Crippen LogP contribution in [0.4, 0.5) is 0 Å². The van der Waals surface area contributed by atoms with Gasteiger partial charge in [0.25, 0.3) is 0 Å². The summed E-state index contributed by atoms with van der Waals surface area (Å²) in [5.74, 6) is 0. The van der Waals surface area contributed by atoms with Crippen LogP contribution in [0.25, 0.3) is 0 Å². The molecule has 4 aromatic rings. The Balaban J connectivity index is 0.000000211. The predicted molar refractivity (Wildman–Crippen MR) is 122 cm³/mol. The second kappa shape index (κ2) is 10.9. The van der Waals surface area contributed by atoms with E-state index in [0.717, 1.165) is 0 Å². The van der Waals surface area contributed by atoms with Gasteiger partial charge in [0.1, 0.15) is 0 Å². The first-order valence-corrected chi connectivity index (χ1v) is 15.3. The van der Waals surface area contributed by atoms with Crippen molar-refractivity contribution in [2.75, 3.05) is 0 Å². The van der Waals surface area contributed by atoms with Crippen molar-refractivity contribution in [1.82, 2.24) is 0 Å². The van der Waals surface area contributed by atoms with Crippen LogP contribution in [0.15, 0.2) is 121 Å². The fourth-order valence-corrected chi connectivity index (χ4v) is 13.0. The molecule has 0 aliphatic carbocycles. The van der Waals surface area contributed by atoms with Gasteiger partial charge >= 0.3 is 123 Å². The summed E-state index contributed by atoms with van der Waals surface area (Å²) in [4.78, 5) is 10.5. The van der Waals surface area contributed by atoms with Crippen molar-refractivity contribution in [3.05, 3.63) is 127 Å². The van der Waals surface area contributed by atoms with Crippen molar-refractivity contribution in [1.29, 1.82) is 0 Å². The predicted octanol–water partition coefficient (Wildman–Crippen LogP) is 3.58. The van der Waals surface area contributed by atoms with Crippen LogP contribution in [0.2, 0.25) is 0 Å². The van der Waals surface area contributed by atoms with E-state index in [0.29, 0.717) is 5.56 Å². The fourth-order valence-electron chi connectivity index (χ4n) is 2.89. The van der Waals surface area contributed by atoms with Crippen LogP contribution in [0.3, 0.4) is 0 Å². The van der Waals surface area contributed by atoms with Crippen LogP contribution in [-0.4, -0.2) is 27.8 Å². The maximum absolute atomic E-state index is 10.5. The van der Waals surface area contributed by atoms with E-state index in [4.69, 9.17) is 0 Å². The fraction of sp³-hybridized carbons (Fsp3) is 0. The van der Waals surface area contributed by atoms with Gasteiger partial charge in [0, 0.05) is 5.12 Å². The van der Waals surface area contributed by atoms with Crippen LogP contribution in [-0.2, 0) is 12.6 Å². The van der Waals surface area contributed by atoms with Gasteiger partial charge in [-0.2, -0.15) is 0 Å². The quantitative estimate of drug-likeness (QED) is 0.274. The van der Waals surface area contributed by atoms with Crippen molar-refractivity contribution in [2.24, 2.45) is 0 Å². The second-order valence-corrected chi connectivity index (χ2v) is 16.1. The number of hydrogen-bond acceptors (Lipinski definition) is 2. The maximum atomic E-state index is 10.5. The molecule has 0 saturated carbocycles. The van der Waals surface area contributed by atoms with Crippen LogP contribution >= 0.6 is 0 Å². The average molecular weight is 576 g/mol. The Bertz CT molecular complexity index is 880. The molecule has 0 heterocycles. The van der Waals surface area contributed by atoms with Gasteiger partial charge in [0.15, 0.2) is 0 Å². The summed E-state index contributed by atoms with van der Waals surface area (Å²) in [6.07, 6.45) is 0. The van der Waals surface area contributed by atoms with Crippen LogP contribution in [0.1, 0.15) is 10.4 Å². The molecule has 0 saturated heterocycles. The third-order valence-electron chi connectivity index (χ3n) is 4.20. The molecule has 0 aliphatic heterocycles. The van der Waals surface area contributed by atoms with Crippen molar-refractivity contribution in [2.45, 2.75) is 0 Å². The van der Waals surface area contributed by atoms with Gasteiger partial charge in [-0.3, -0.25) is 0 Å². The van der Waals surface area contributed by atoms with Gasteiger partial charge in [0.2, 0.25) is 0 Å². The van der Waals surface area contributed by atoms with E-state index < -0.39 is 22.7 Å². The van der Waals surface area contributed by atoms with Crippen LogP contribution < -0.4 is 9.37 Å². The average Bonchev–Trinajstić information content (AvgIpc) is 2.77. The van der Waals surface area contributed by atoms with Crippen molar-refractivity contribution in [3.8, 4) is 0 Å². The number of hydrogen-bond donors (Lipinski definition) is 0. The van der Waals surface area contributed by atoms with Gasteiger partial charge in [-0.05, 0) is 5.56 Å². The molecule has 28 heavy (non-hydrogen) atoms. The van der Waals surface area contributed by atoms with E-state index in [-0.39, 0.29) is 5.12 Å². The molecule has 0 unspecified atom stereocenters. The molecule has 0 aliphatic rings. The third kappa shape index (κ3) is 5.84. The monoisotopic (exact) mass is 576 g/mol. The zero-order valence-corrected chi connectivity index (χ0v) is 20.1. The molecule has 137 valence electrons. The molecular weight excluding hydrogens is 556 g/mol. The molecular formula is C25H20OPbS-. The van der Waals surface area contributed by atoms with E-state index >= 15 is 0 Å². The molecule has 1 nitrogen and oxygen atoms in total. The van der Waals surface area contributed by atoms with Crippen molar-refractivity contribution >= 4 is 49.8 Å². The van der Waals surface area contributed by atoms with E-state index in [1.807, 2.05) is 6.07 Å². The Morgan fingerprint density at radius 1 is 0.500 bits per heavy atom. The van der Waals surface area contributed by atoms with Gasteiger partial charge in [0.05, 0.1) is 0 Å². The standard InChI is InChI=1S/C7H6OS.3C6H5.Pb/c8-7(9)6-4-2-1-3-5-6;3*1-2-4-6-5-3-1;/h1-5H,(H,8,9);3*1-5H;/p-1. The summed E-state index contributed by atoms with van der Waals surface area (Å²) in [5, 5.41) is -0.296. The second-order valence-electron chi connectivity index (χ2n) is 6.13. The Labute approximate surface area is 180 Å². The topological polar surface area (TPSA) is 17.1 Å². The molecule has 1 radical (unpaired) electrons. The van der Waals surface area contributed by atoms with Gasteiger partial charge in [-0.1, -0.05) is 30.3 Å². The Hall–Kier alpha value is -2.31. The zero-order valence-electron chi connectivity index (χ0n) is 15.4. The van der Waals surface area contributed by atoms with Gasteiger partial charge in [-0.15, -0.1) is 0 Å². The number of carbonyl (C=O) groups excluding carboxylic acids is 1. The summed E-state index contributed by atoms with van der Waals surface area (Å²) in [6, 6.07) is 41.9. The summed E-state index contributed by atoms with van der Waals surface area (Å²) in [5.41, 5.74) is 0.590. The summed E-state index contributed by atoms with van der Waals surface area (Å²) < 4.78 is 4.64. The molecule has 0 amide bonds. The van der Waals surface area contributed by atoms with E-state index in [9.17, 15) is 4.79 Å². The molecule has 0 bridgehead atoms. The molecule has 0 N–H and O–H groups in total. The summed E-state index contributed by atoms with van der Waals surface area (Å²) >= 11 is 2.24. The minimum absolute atomic E-state index is 0.296. The normalized spacial score (nSPS) is 10.0. The molecule has 0 aromatic heterocycles. The molecule has 3 heteroatoms. The number of carbonyl (C=O) groups is 1. The van der Waals surface area contributed by atoms with Crippen molar-refractivity contribution < 1.29 is 4.79 Å². The number of rotatable bonds is 4. The van der Waals surface area contributed by atoms with Crippen molar-refractivity contribution in [3.63, 3.8) is 0 Å². The molecule has 4 aromatic carbocycles. The SMILES string of the molecule is O=C([S-])c1ccccc1.c1cc[c]([Pb]([c]2ccccc2)[c]2ccccc2)cc1. The Kier molecular flexibility index (Phi) is 7.94. The first-order valence-electron chi connectivity index (χ1n) is 9.05. The van der Waals surface area contributed by atoms with Gasteiger partial charge in [-0.25, -0.2) is 0 Å². The molecule has 4 rings (SSSR count). The van der Waals surface area contributed by atoms with Crippen LogP contribution in [0, 0.1) is 0 Å². The molecule has 0 atom stereocenters. The molecule has 0 fully saturated rings. The van der Waals surface area contributed by atoms with E-state index in [1.54, 1.807) is 33.6 Å². The Morgan fingerprint density at radius 3 is 1.04 bits per heavy atom. The van der Waals surface area contributed by atoms with Crippen LogP contribution in [0.5, 0.6) is 0 Å². The van der Waals surface area contributed by atoms with Gasteiger partial charge < -0.3 is 17.4 Å². The zero-order chi connectivity index (χ0) is 19.6.